The molecule has 0 aromatic carbocycles. The minimum atomic E-state index is -4.95. The van der Waals surface area contributed by atoms with Crippen LogP contribution in [0.3, 0.4) is 0 Å². The van der Waals surface area contributed by atoms with Gasteiger partial charge in [0.05, 0.1) is 26.4 Å². The average molecular weight is 1380 g/mol. The number of aliphatic hydroxyl groups is 1. The quantitative estimate of drug-likeness (QED) is 0.0222. The molecular formula is C75H146O17P2. The third-order valence-electron chi connectivity index (χ3n) is 17.5. The molecule has 0 aromatic heterocycles. The van der Waals surface area contributed by atoms with Crippen molar-refractivity contribution in [3.05, 3.63) is 0 Å². The van der Waals surface area contributed by atoms with Crippen LogP contribution in [-0.2, 0) is 65.4 Å². The Bertz CT molecular complexity index is 1810. The largest absolute Gasteiger partial charge is 0.472 e. The molecule has 0 spiro atoms. The molecule has 0 bridgehead atoms. The van der Waals surface area contributed by atoms with E-state index in [1.807, 2.05) is 0 Å². The van der Waals surface area contributed by atoms with Crippen LogP contribution in [0.15, 0.2) is 0 Å². The second-order valence-corrected chi connectivity index (χ2v) is 30.4. The van der Waals surface area contributed by atoms with E-state index in [1.54, 1.807) is 0 Å². The van der Waals surface area contributed by atoms with Crippen LogP contribution in [-0.4, -0.2) is 96.7 Å². The van der Waals surface area contributed by atoms with Crippen molar-refractivity contribution in [3.63, 3.8) is 0 Å². The molecule has 0 saturated carbocycles. The van der Waals surface area contributed by atoms with Crippen LogP contribution >= 0.6 is 15.6 Å². The molecule has 0 heterocycles. The maximum atomic E-state index is 13.1. The molecular weight excluding hydrogens is 1230 g/mol. The van der Waals surface area contributed by atoms with E-state index in [1.165, 1.54) is 212 Å². The zero-order chi connectivity index (χ0) is 69.1. The summed E-state index contributed by atoms with van der Waals surface area (Å²) in [6.07, 6.45) is 57.5. The first-order valence-electron chi connectivity index (χ1n) is 39.1. The maximum absolute atomic E-state index is 13.1. The smallest absolute Gasteiger partial charge is 0.462 e. The van der Waals surface area contributed by atoms with Gasteiger partial charge in [0.1, 0.15) is 19.3 Å². The van der Waals surface area contributed by atoms with Crippen LogP contribution in [0.25, 0.3) is 0 Å². The summed E-state index contributed by atoms with van der Waals surface area (Å²) in [5.41, 5.74) is 0. The minimum absolute atomic E-state index is 0.106. The second kappa shape index (κ2) is 68.2. The van der Waals surface area contributed by atoms with Gasteiger partial charge in [0.2, 0.25) is 0 Å². The van der Waals surface area contributed by atoms with Gasteiger partial charge in [-0.1, -0.05) is 343 Å². The number of phosphoric acid groups is 2. The lowest BCUT2D eigenvalue weighted by Gasteiger charge is -2.21. The van der Waals surface area contributed by atoms with E-state index in [4.69, 9.17) is 37.0 Å². The molecule has 558 valence electrons. The van der Waals surface area contributed by atoms with E-state index >= 15 is 0 Å². The van der Waals surface area contributed by atoms with Gasteiger partial charge in [0, 0.05) is 25.7 Å². The van der Waals surface area contributed by atoms with E-state index < -0.39 is 97.5 Å². The highest BCUT2D eigenvalue weighted by Gasteiger charge is 2.30. The monoisotopic (exact) mass is 1380 g/mol. The van der Waals surface area contributed by atoms with Crippen molar-refractivity contribution in [2.75, 3.05) is 39.6 Å². The fourth-order valence-corrected chi connectivity index (χ4v) is 13.1. The molecule has 0 fully saturated rings. The van der Waals surface area contributed by atoms with Gasteiger partial charge in [-0.3, -0.25) is 37.3 Å². The zero-order valence-corrected chi connectivity index (χ0v) is 62.9. The van der Waals surface area contributed by atoms with Crippen LogP contribution in [0.2, 0.25) is 0 Å². The Morgan fingerprint density at radius 1 is 0.287 bits per heavy atom. The van der Waals surface area contributed by atoms with E-state index in [9.17, 15) is 43.2 Å². The fraction of sp³-hybridized carbons (Fsp3) is 0.947. The number of carbonyl (C=O) groups excluding carboxylic acids is 4. The molecule has 0 aliphatic rings. The summed E-state index contributed by atoms with van der Waals surface area (Å²) >= 11 is 0. The molecule has 3 N–H and O–H groups in total. The molecule has 0 aromatic rings. The lowest BCUT2D eigenvalue weighted by molar-refractivity contribution is -0.161. The Hall–Kier alpha value is -1.94. The van der Waals surface area contributed by atoms with Crippen molar-refractivity contribution in [1.82, 2.24) is 0 Å². The van der Waals surface area contributed by atoms with E-state index in [2.05, 4.69) is 34.6 Å². The normalized spacial score (nSPS) is 14.0. The summed E-state index contributed by atoms with van der Waals surface area (Å²) in [5, 5.41) is 10.6. The predicted octanol–water partition coefficient (Wildman–Crippen LogP) is 22.1. The van der Waals surface area contributed by atoms with Gasteiger partial charge in [-0.05, 0) is 31.6 Å². The SMILES string of the molecule is CCCCCCCCCCCCCCCCCCCCCCCCC(=O)O[C@H](COC(=O)CCCCCCCCCCCCCCCCC(C)C)COP(=O)(O)OC[C@@H](O)COP(=O)(O)OC[C@@H](COC(=O)CCCCCCC)OC(=O)CCCCCCCCCCCC. The molecule has 0 saturated heterocycles. The first kappa shape index (κ1) is 92.1. The second-order valence-electron chi connectivity index (χ2n) is 27.5. The lowest BCUT2D eigenvalue weighted by atomic mass is 10.0. The van der Waals surface area contributed by atoms with Crippen molar-refractivity contribution >= 4 is 39.5 Å². The van der Waals surface area contributed by atoms with Crippen molar-refractivity contribution in [2.45, 2.75) is 412 Å². The summed E-state index contributed by atoms with van der Waals surface area (Å²) in [5.74, 6) is -1.33. The number of hydrogen-bond donors (Lipinski definition) is 3. The molecule has 0 aliphatic heterocycles. The Morgan fingerprint density at radius 2 is 0.489 bits per heavy atom. The predicted molar refractivity (Wildman–Crippen MR) is 382 cm³/mol. The van der Waals surface area contributed by atoms with Crippen LogP contribution in [0.1, 0.15) is 394 Å². The first-order valence-corrected chi connectivity index (χ1v) is 42.1. The van der Waals surface area contributed by atoms with Gasteiger partial charge in [0.15, 0.2) is 12.2 Å². The van der Waals surface area contributed by atoms with E-state index in [0.717, 1.165) is 102 Å². The summed E-state index contributed by atoms with van der Waals surface area (Å²) < 4.78 is 68.2. The van der Waals surface area contributed by atoms with Crippen LogP contribution in [0, 0.1) is 5.92 Å². The third kappa shape index (κ3) is 68.6. The Balaban J connectivity index is 5.10. The van der Waals surface area contributed by atoms with Gasteiger partial charge in [0.25, 0.3) is 0 Å². The highest BCUT2D eigenvalue weighted by molar-refractivity contribution is 7.47. The van der Waals surface area contributed by atoms with Crippen LogP contribution in [0.5, 0.6) is 0 Å². The molecule has 0 aliphatic carbocycles. The van der Waals surface area contributed by atoms with E-state index in [-0.39, 0.29) is 25.7 Å². The number of ether oxygens (including phenoxy) is 4. The molecule has 0 rings (SSSR count). The topological polar surface area (TPSA) is 237 Å². The van der Waals surface area contributed by atoms with Crippen LogP contribution < -0.4 is 0 Å². The lowest BCUT2D eigenvalue weighted by Crippen LogP contribution is -2.30. The molecule has 0 amide bonds. The Morgan fingerprint density at radius 3 is 0.723 bits per heavy atom. The summed E-state index contributed by atoms with van der Waals surface area (Å²) in [7, 11) is -9.89. The number of carbonyl (C=O) groups is 4. The minimum Gasteiger partial charge on any atom is -0.462 e. The molecule has 0 radical (unpaired) electrons. The summed E-state index contributed by atoms with van der Waals surface area (Å²) in [6.45, 7) is 7.20. The number of hydrogen-bond acceptors (Lipinski definition) is 15. The van der Waals surface area contributed by atoms with Crippen LogP contribution in [0.4, 0.5) is 0 Å². The Labute approximate surface area is 575 Å². The number of phosphoric ester groups is 2. The van der Waals surface area contributed by atoms with Crippen molar-refractivity contribution < 1.29 is 80.2 Å². The summed E-state index contributed by atoms with van der Waals surface area (Å²) in [4.78, 5) is 72.4. The fourth-order valence-electron chi connectivity index (χ4n) is 11.5. The Kier molecular flexibility index (Phi) is 66.8. The number of aliphatic hydroxyl groups excluding tert-OH is 1. The van der Waals surface area contributed by atoms with Crippen molar-refractivity contribution in [2.24, 2.45) is 5.92 Å². The van der Waals surface area contributed by atoms with Gasteiger partial charge < -0.3 is 33.8 Å². The average Bonchev–Trinajstić information content (AvgIpc) is 2.04. The third-order valence-corrected chi connectivity index (χ3v) is 19.4. The zero-order valence-electron chi connectivity index (χ0n) is 61.1. The standard InChI is InChI=1S/C75H146O17P2/c1-6-9-12-15-17-19-21-22-23-24-25-26-27-28-29-30-35-38-42-46-51-56-61-75(80)92-71(65-86-73(78)59-54-49-44-41-37-34-32-31-33-36-39-43-48-52-57-68(4)5)67-90-94(83,84)88-63-69(76)62-87-93(81,82)89-66-70(64-85-72(77)58-53-47-14-11-8-3)91-74(79)60-55-50-45-40-20-18-16-13-10-7-2/h68-71,76H,6-67H2,1-5H3,(H,81,82)(H,83,84)/t69-,70+,71+/m0/s1. The van der Waals surface area contributed by atoms with Gasteiger partial charge in [-0.25, -0.2) is 9.13 Å². The number of rotatable bonds is 75. The highest BCUT2D eigenvalue weighted by Crippen LogP contribution is 2.45. The van der Waals surface area contributed by atoms with Crippen molar-refractivity contribution in [1.29, 1.82) is 0 Å². The molecule has 19 heteroatoms. The van der Waals surface area contributed by atoms with E-state index in [0.29, 0.717) is 25.7 Å². The molecule has 2 unspecified atom stereocenters. The molecule has 17 nitrogen and oxygen atoms in total. The first-order chi connectivity index (χ1) is 45.5. The highest BCUT2D eigenvalue weighted by atomic mass is 31.2. The van der Waals surface area contributed by atoms with Gasteiger partial charge >= 0.3 is 39.5 Å². The molecule has 94 heavy (non-hydrogen) atoms. The van der Waals surface area contributed by atoms with Gasteiger partial charge in [-0.15, -0.1) is 0 Å². The summed E-state index contributed by atoms with van der Waals surface area (Å²) in [6, 6.07) is 0. The van der Waals surface area contributed by atoms with Crippen molar-refractivity contribution in [3.8, 4) is 0 Å². The maximum Gasteiger partial charge on any atom is 0.472 e. The number of esters is 4. The molecule has 5 atom stereocenters. The van der Waals surface area contributed by atoms with Gasteiger partial charge in [-0.2, -0.15) is 0 Å². The number of unbranched alkanes of at least 4 members (excludes halogenated alkanes) is 47.